The van der Waals surface area contributed by atoms with Crippen LogP contribution in [0.15, 0.2) is 30.6 Å². The Morgan fingerprint density at radius 3 is 2.94 bits per heavy atom. The molecule has 16 heavy (non-hydrogen) atoms. The van der Waals surface area contributed by atoms with Gasteiger partial charge in [0.25, 0.3) is 0 Å². The van der Waals surface area contributed by atoms with Gasteiger partial charge in [0.2, 0.25) is 5.13 Å². The third-order valence-electron chi connectivity index (χ3n) is 1.66. The zero-order valence-corrected chi connectivity index (χ0v) is 9.55. The molecular weight excluding hydrogens is 248 g/mol. The van der Waals surface area contributed by atoms with Crippen LogP contribution in [0.3, 0.4) is 0 Å². The van der Waals surface area contributed by atoms with Crippen molar-refractivity contribution in [1.82, 2.24) is 9.36 Å². The largest absolute Gasteiger partial charge is 0.325 e. The number of benzene rings is 1. The van der Waals surface area contributed by atoms with Crippen molar-refractivity contribution in [3.05, 3.63) is 35.6 Å². The van der Waals surface area contributed by atoms with Gasteiger partial charge in [-0.1, -0.05) is 17.7 Å². The van der Waals surface area contributed by atoms with Crippen molar-refractivity contribution in [2.45, 2.75) is 0 Å². The number of nitrogens with zero attached hydrogens (tertiary/aromatic N) is 2. The summed E-state index contributed by atoms with van der Waals surface area (Å²) in [6, 6.07) is 6.50. The number of amides is 2. The summed E-state index contributed by atoms with van der Waals surface area (Å²) in [5.74, 6) is 0. The number of hydrogen-bond donors (Lipinski definition) is 2. The molecule has 0 saturated carbocycles. The fourth-order valence-corrected chi connectivity index (χ4v) is 1.67. The fraction of sp³-hybridized carbons (Fsp3) is 0. The highest BCUT2D eigenvalue weighted by Gasteiger charge is 2.04. The molecule has 1 heterocycles. The highest BCUT2D eigenvalue weighted by molar-refractivity contribution is 7.09. The quantitative estimate of drug-likeness (QED) is 0.866. The van der Waals surface area contributed by atoms with E-state index in [1.807, 2.05) is 0 Å². The lowest BCUT2D eigenvalue weighted by atomic mass is 10.3. The fourth-order valence-electron chi connectivity index (χ4n) is 1.05. The van der Waals surface area contributed by atoms with E-state index >= 15 is 0 Å². The second-order valence-electron chi connectivity index (χ2n) is 2.84. The maximum atomic E-state index is 11.5. The first-order valence-corrected chi connectivity index (χ1v) is 5.49. The highest BCUT2D eigenvalue weighted by Crippen LogP contribution is 2.15. The molecule has 82 valence electrons. The summed E-state index contributed by atoms with van der Waals surface area (Å²) in [7, 11) is 0. The zero-order chi connectivity index (χ0) is 11.4. The number of urea groups is 1. The molecule has 2 amide bonds. The second kappa shape index (κ2) is 4.91. The summed E-state index contributed by atoms with van der Waals surface area (Å²) in [4.78, 5) is 15.3. The molecule has 0 spiro atoms. The maximum absolute atomic E-state index is 11.5. The number of carbonyl (C=O) groups is 1. The van der Waals surface area contributed by atoms with Gasteiger partial charge in [0.15, 0.2) is 0 Å². The van der Waals surface area contributed by atoms with Gasteiger partial charge in [-0.05, 0) is 18.2 Å². The number of aromatic nitrogens is 2. The van der Waals surface area contributed by atoms with Crippen molar-refractivity contribution in [1.29, 1.82) is 0 Å². The molecule has 0 atom stereocenters. The summed E-state index contributed by atoms with van der Waals surface area (Å²) in [6.07, 6.45) is 1.37. The van der Waals surface area contributed by atoms with Crippen molar-refractivity contribution in [2.24, 2.45) is 0 Å². The van der Waals surface area contributed by atoms with Gasteiger partial charge in [-0.3, -0.25) is 5.32 Å². The van der Waals surface area contributed by atoms with Gasteiger partial charge >= 0.3 is 6.03 Å². The van der Waals surface area contributed by atoms with Crippen LogP contribution < -0.4 is 10.6 Å². The van der Waals surface area contributed by atoms with Crippen LogP contribution in [0.1, 0.15) is 0 Å². The van der Waals surface area contributed by atoms with Gasteiger partial charge in [-0.15, -0.1) is 0 Å². The number of halogens is 1. The predicted octanol–water partition coefficient (Wildman–Crippen LogP) is 2.84. The third-order valence-corrected chi connectivity index (χ3v) is 2.48. The van der Waals surface area contributed by atoms with Crippen LogP contribution in [-0.2, 0) is 0 Å². The summed E-state index contributed by atoms with van der Waals surface area (Å²) >= 11 is 6.88. The summed E-state index contributed by atoms with van der Waals surface area (Å²) in [6.45, 7) is 0. The smallest absolute Gasteiger partial charge is 0.308 e. The number of hydrogen-bond acceptors (Lipinski definition) is 4. The average molecular weight is 255 g/mol. The van der Waals surface area contributed by atoms with Crippen molar-refractivity contribution in [3.8, 4) is 0 Å². The van der Waals surface area contributed by atoms with Crippen LogP contribution in [-0.4, -0.2) is 15.4 Å². The van der Waals surface area contributed by atoms with Crippen LogP contribution in [0, 0.1) is 0 Å². The third kappa shape index (κ3) is 2.91. The Kier molecular flexibility index (Phi) is 3.33. The van der Waals surface area contributed by atoms with E-state index in [1.54, 1.807) is 24.3 Å². The lowest BCUT2D eigenvalue weighted by molar-refractivity contribution is 0.262. The highest BCUT2D eigenvalue weighted by atomic mass is 35.5. The summed E-state index contributed by atoms with van der Waals surface area (Å²) in [5, 5.41) is 6.17. The van der Waals surface area contributed by atoms with E-state index in [9.17, 15) is 4.79 Å². The second-order valence-corrected chi connectivity index (χ2v) is 4.05. The predicted molar refractivity (Wildman–Crippen MR) is 64.0 cm³/mol. The van der Waals surface area contributed by atoms with E-state index < -0.39 is 0 Å². The number of rotatable bonds is 2. The molecule has 0 fully saturated rings. The molecule has 2 N–H and O–H groups in total. The number of carbonyl (C=O) groups excluding carboxylic acids is 1. The molecule has 7 heteroatoms. The molecule has 0 aliphatic heterocycles. The first-order chi connectivity index (χ1) is 7.74. The first kappa shape index (κ1) is 10.8. The van der Waals surface area contributed by atoms with Crippen LogP contribution in [0.4, 0.5) is 15.6 Å². The van der Waals surface area contributed by atoms with Crippen molar-refractivity contribution < 1.29 is 4.79 Å². The Balaban J connectivity index is 1.97. The molecule has 0 unspecified atom stereocenters. The van der Waals surface area contributed by atoms with Crippen molar-refractivity contribution >= 4 is 40.0 Å². The van der Waals surface area contributed by atoms with Crippen LogP contribution >= 0.6 is 23.1 Å². The van der Waals surface area contributed by atoms with Crippen molar-refractivity contribution in [3.63, 3.8) is 0 Å². The lowest BCUT2D eigenvalue weighted by Gasteiger charge is -2.04. The SMILES string of the molecule is O=C(Nc1cccc(Cl)c1)Nc1ncns1. The van der Waals surface area contributed by atoms with E-state index in [1.165, 1.54) is 6.33 Å². The molecule has 0 aliphatic rings. The van der Waals surface area contributed by atoms with Crippen LogP contribution in [0.5, 0.6) is 0 Å². The van der Waals surface area contributed by atoms with E-state index in [2.05, 4.69) is 20.0 Å². The van der Waals surface area contributed by atoms with Gasteiger partial charge in [-0.25, -0.2) is 9.78 Å². The molecule has 2 aromatic rings. The van der Waals surface area contributed by atoms with Crippen LogP contribution in [0.25, 0.3) is 0 Å². The molecule has 5 nitrogen and oxygen atoms in total. The van der Waals surface area contributed by atoms with Crippen LogP contribution in [0.2, 0.25) is 5.02 Å². The Morgan fingerprint density at radius 1 is 1.38 bits per heavy atom. The molecule has 2 rings (SSSR count). The molecule has 0 radical (unpaired) electrons. The van der Waals surface area contributed by atoms with Gasteiger partial charge in [0.05, 0.1) is 0 Å². The molecular formula is C9H7ClN4OS. The van der Waals surface area contributed by atoms with Gasteiger partial charge in [0.1, 0.15) is 6.33 Å². The minimum Gasteiger partial charge on any atom is -0.308 e. The molecule has 1 aromatic heterocycles. The Hall–Kier alpha value is -1.66. The lowest BCUT2D eigenvalue weighted by Crippen LogP contribution is -2.19. The van der Waals surface area contributed by atoms with Crippen molar-refractivity contribution in [2.75, 3.05) is 10.6 Å². The molecule has 0 aliphatic carbocycles. The minimum absolute atomic E-state index is 0.376. The minimum atomic E-state index is -0.376. The van der Waals surface area contributed by atoms with E-state index in [4.69, 9.17) is 11.6 Å². The summed E-state index contributed by atoms with van der Waals surface area (Å²) < 4.78 is 3.76. The first-order valence-electron chi connectivity index (χ1n) is 4.34. The zero-order valence-electron chi connectivity index (χ0n) is 7.98. The van der Waals surface area contributed by atoms with E-state index in [-0.39, 0.29) is 6.03 Å². The topological polar surface area (TPSA) is 66.9 Å². The van der Waals surface area contributed by atoms with Gasteiger partial charge in [0, 0.05) is 22.2 Å². The Labute approximate surface area is 101 Å². The number of nitrogens with one attached hydrogen (secondary N) is 2. The monoisotopic (exact) mass is 254 g/mol. The van der Waals surface area contributed by atoms with E-state index in [0.29, 0.717) is 15.8 Å². The average Bonchev–Trinajstić information content (AvgIpc) is 2.70. The molecule has 0 saturated heterocycles. The Morgan fingerprint density at radius 2 is 2.25 bits per heavy atom. The molecule has 0 bridgehead atoms. The number of anilines is 2. The normalized spacial score (nSPS) is 9.81. The van der Waals surface area contributed by atoms with E-state index in [0.717, 1.165) is 11.5 Å². The standard InChI is InChI=1S/C9H7ClN4OS/c10-6-2-1-3-7(4-6)13-8(15)14-9-11-5-12-16-9/h1-5H,(H2,11,12,13,14,15). The van der Waals surface area contributed by atoms with Gasteiger partial charge in [-0.2, -0.15) is 4.37 Å². The molecule has 1 aromatic carbocycles. The van der Waals surface area contributed by atoms with Gasteiger partial charge < -0.3 is 5.32 Å². The Bertz CT molecular complexity index is 488. The maximum Gasteiger partial charge on any atom is 0.325 e. The summed E-state index contributed by atoms with van der Waals surface area (Å²) in [5.41, 5.74) is 0.620.